The van der Waals surface area contributed by atoms with Crippen LogP contribution in [0.1, 0.15) is 23.2 Å². The van der Waals surface area contributed by atoms with Crippen LogP contribution in [0, 0.1) is 0 Å². The fourth-order valence-electron chi connectivity index (χ4n) is 2.92. The second-order valence-electron chi connectivity index (χ2n) is 6.09. The number of anilines is 2. The lowest BCUT2D eigenvalue weighted by atomic mass is 10.2. The van der Waals surface area contributed by atoms with E-state index in [0.29, 0.717) is 18.7 Å². The van der Waals surface area contributed by atoms with Crippen molar-refractivity contribution in [2.24, 2.45) is 0 Å². The highest BCUT2D eigenvalue weighted by Crippen LogP contribution is 2.33. The van der Waals surface area contributed by atoms with Gasteiger partial charge >= 0.3 is 5.97 Å². The van der Waals surface area contributed by atoms with Crippen LogP contribution in [0.25, 0.3) is 0 Å². The second kappa shape index (κ2) is 7.69. The second-order valence-corrected chi connectivity index (χ2v) is 8.15. The van der Waals surface area contributed by atoms with Crippen molar-refractivity contribution in [3.63, 3.8) is 0 Å². The first-order valence-corrected chi connectivity index (χ1v) is 10.1. The van der Waals surface area contributed by atoms with Crippen LogP contribution < -0.4 is 14.4 Å². The molecular weight excluding hydrogens is 408 g/mol. The van der Waals surface area contributed by atoms with E-state index >= 15 is 0 Å². The lowest BCUT2D eigenvalue weighted by molar-refractivity contribution is -0.117. The number of carbonyl (C=O) groups is 2. The Balaban J connectivity index is 1.93. The van der Waals surface area contributed by atoms with Crippen molar-refractivity contribution >= 4 is 44.9 Å². The van der Waals surface area contributed by atoms with Crippen LogP contribution in [0.2, 0.25) is 5.02 Å². The van der Waals surface area contributed by atoms with Crippen molar-refractivity contribution in [1.29, 1.82) is 0 Å². The van der Waals surface area contributed by atoms with Crippen LogP contribution in [0.5, 0.6) is 5.75 Å². The number of methoxy groups -OCH3 is 1. The van der Waals surface area contributed by atoms with Gasteiger partial charge in [0.05, 0.1) is 29.1 Å². The highest BCUT2D eigenvalue weighted by molar-refractivity contribution is 7.92. The summed E-state index contributed by atoms with van der Waals surface area (Å²) in [5, 5.41) is 9.34. The first-order valence-electron chi connectivity index (χ1n) is 8.27. The topological polar surface area (TPSA) is 113 Å². The molecular formula is C18H17ClN2O6S. The Labute approximate surface area is 166 Å². The van der Waals surface area contributed by atoms with E-state index in [9.17, 15) is 18.0 Å². The Morgan fingerprint density at radius 3 is 2.57 bits per heavy atom. The van der Waals surface area contributed by atoms with Crippen LogP contribution in [0.4, 0.5) is 11.4 Å². The normalized spacial score (nSPS) is 14.2. The van der Waals surface area contributed by atoms with Crippen molar-refractivity contribution in [2.45, 2.75) is 17.7 Å². The van der Waals surface area contributed by atoms with Crippen LogP contribution in [0.3, 0.4) is 0 Å². The number of sulfonamides is 1. The Hall–Kier alpha value is -2.78. The molecule has 8 nitrogen and oxygen atoms in total. The maximum Gasteiger partial charge on any atom is 0.335 e. The summed E-state index contributed by atoms with van der Waals surface area (Å²) in [6.07, 6.45) is 1.19. The number of nitrogens with zero attached hydrogens (tertiary/aromatic N) is 1. The molecule has 0 aliphatic carbocycles. The van der Waals surface area contributed by atoms with Gasteiger partial charge in [-0.25, -0.2) is 13.2 Å². The first-order chi connectivity index (χ1) is 13.2. The molecule has 0 bridgehead atoms. The fraction of sp³-hybridized carbons (Fsp3) is 0.222. The predicted octanol–water partition coefficient (Wildman–Crippen LogP) is 2.97. The average Bonchev–Trinajstić information content (AvgIpc) is 3.06. The van der Waals surface area contributed by atoms with Crippen LogP contribution in [-0.4, -0.2) is 39.1 Å². The molecule has 0 radical (unpaired) electrons. The predicted molar refractivity (Wildman–Crippen MR) is 104 cm³/mol. The maximum atomic E-state index is 12.8. The zero-order valence-electron chi connectivity index (χ0n) is 14.8. The van der Waals surface area contributed by atoms with Gasteiger partial charge in [0.2, 0.25) is 5.91 Å². The van der Waals surface area contributed by atoms with Gasteiger partial charge in [0.25, 0.3) is 10.0 Å². The number of nitrogens with one attached hydrogen (secondary N) is 1. The SMILES string of the molecule is COc1ccc(C(=O)O)cc1S(=O)(=O)Nc1ccc(N2CCCC2=O)c(Cl)c1. The lowest BCUT2D eigenvalue weighted by Gasteiger charge is -2.18. The maximum absolute atomic E-state index is 12.8. The van der Waals surface area contributed by atoms with Gasteiger partial charge in [-0.3, -0.25) is 9.52 Å². The number of carboxylic acid groups (broad SMARTS) is 1. The quantitative estimate of drug-likeness (QED) is 0.737. The van der Waals surface area contributed by atoms with Crippen molar-refractivity contribution in [1.82, 2.24) is 0 Å². The van der Waals surface area contributed by atoms with Gasteiger partial charge in [-0.2, -0.15) is 0 Å². The van der Waals surface area contributed by atoms with E-state index < -0.39 is 16.0 Å². The summed E-state index contributed by atoms with van der Waals surface area (Å²) in [6, 6.07) is 7.98. The molecule has 2 N–H and O–H groups in total. The molecule has 0 spiro atoms. The summed E-state index contributed by atoms with van der Waals surface area (Å²) in [5.41, 5.74) is 0.489. The van der Waals surface area contributed by atoms with E-state index in [4.69, 9.17) is 21.4 Å². The van der Waals surface area contributed by atoms with E-state index in [1.807, 2.05) is 0 Å². The molecule has 148 valence electrons. The minimum Gasteiger partial charge on any atom is -0.495 e. The molecule has 28 heavy (non-hydrogen) atoms. The zero-order chi connectivity index (χ0) is 20.5. The van der Waals surface area contributed by atoms with Gasteiger partial charge < -0.3 is 14.7 Å². The Morgan fingerprint density at radius 2 is 2.00 bits per heavy atom. The highest BCUT2D eigenvalue weighted by Gasteiger charge is 2.25. The van der Waals surface area contributed by atoms with Crippen molar-refractivity contribution < 1.29 is 27.9 Å². The Morgan fingerprint density at radius 1 is 1.25 bits per heavy atom. The molecule has 2 aromatic rings. The lowest BCUT2D eigenvalue weighted by Crippen LogP contribution is -2.24. The third-order valence-corrected chi connectivity index (χ3v) is 5.97. The highest BCUT2D eigenvalue weighted by atomic mass is 35.5. The summed E-state index contributed by atoms with van der Waals surface area (Å²) in [7, 11) is -2.86. The summed E-state index contributed by atoms with van der Waals surface area (Å²) >= 11 is 6.24. The average molecular weight is 425 g/mol. The van der Waals surface area contributed by atoms with Crippen LogP contribution >= 0.6 is 11.6 Å². The Kier molecular flexibility index (Phi) is 5.48. The van der Waals surface area contributed by atoms with Gasteiger partial charge in [0, 0.05) is 13.0 Å². The zero-order valence-corrected chi connectivity index (χ0v) is 16.4. The first kappa shape index (κ1) is 20.0. The smallest absolute Gasteiger partial charge is 0.335 e. The van der Waals surface area contributed by atoms with Gasteiger partial charge in [-0.15, -0.1) is 0 Å². The van der Waals surface area contributed by atoms with E-state index in [1.165, 1.54) is 31.4 Å². The van der Waals surface area contributed by atoms with Crippen molar-refractivity contribution in [2.75, 3.05) is 23.3 Å². The summed E-state index contributed by atoms with van der Waals surface area (Å²) in [5.74, 6) is -1.30. The molecule has 1 amide bonds. The van der Waals surface area contributed by atoms with E-state index in [1.54, 1.807) is 11.0 Å². The number of rotatable bonds is 6. The molecule has 3 rings (SSSR count). The molecule has 0 aromatic heterocycles. The summed E-state index contributed by atoms with van der Waals surface area (Å²) in [4.78, 5) is 24.3. The molecule has 1 saturated heterocycles. The summed E-state index contributed by atoms with van der Waals surface area (Å²) < 4.78 is 32.9. The number of aromatic carboxylic acids is 1. The molecule has 10 heteroatoms. The summed E-state index contributed by atoms with van der Waals surface area (Å²) in [6.45, 7) is 0.558. The third kappa shape index (κ3) is 3.90. The van der Waals surface area contributed by atoms with E-state index in [-0.39, 0.29) is 32.8 Å². The minimum absolute atomic E-state index is 0.00267. The van der Waals surface area contributed by atoms with Gasteiger partial charge in [0.15, 0.2) is 0 Å². The molecule has 0 atom stereocenters. The number of amides is 1. The van der Waals surface area contributed by atoms with Gasteiger partial charge in [-0.1, -0.05) is 11.6 Å². The molecule has 0 saturated carbocycles. The number of hydrogen-bond acceptors (Lipinski definition) is 5. The number of carboxylic acids is 1. The molecule has 2 aromatic carbocycles. The van der Waals surface area contributed by atoms with Crippen molar-refractivity contribution in [3.05, 3.63) is 47.0 Å². The number of ether oxygens (including phenoxy) is 1. The largest absolute Gasteiger partial charge is 0.495 e. The number of benzene rings is 2. The van der Waals surface area contributed by atoms with Crippen LogP contribution in [-0.2, 0) is 14.8 Å². The minimum atomic E-state index is -4.15. The molecule has 1 fully saturated rings. The molecule has 1 heterocycles. The Bertz CT molecular complexity index is 1050. The number of hydrogen-bond donors (Lipinski definition) is 2. The van der Waals surface area contributed by atoms with Crippen molar-refractivity contribution in [3.8, 4) is 5.75 Å². The molecule has 1 aliphatic rings. The molecule has 1 aliphatic heterocycles. The standard InChI is InChI=1S/C18H17ClN2O6S/c1-27-15-7-4-11(18(23)24)9-16(15)28(25,26)20-12-5-6-14(13(19)10-12)21-8-2-3-17(21)22/h4-7,9-10,20H,2-3,8H2,1H3,(H,23,24). The number of carbonyl (C=O) groups excluding carboxylic acids is 1. The van der Waals surface area contributed by atoms with E-state index in [2.05, 4.69) is 4.72 Å². The monoisotopic (exact) mass is 424 g/mol. The number of halogens is 1. The van der Waals surface area contributed by atoms with Crippen LogP contribution in [0.15, 0.2) is 41.3 Å². The third-order valence-electron chi connectivity index (χ3n) is 4.26. The van der Waals surface area contributed by atoms with Gasteiger partial charge in [0.1, 0.15) is 10.6 Å². The molecule has 0 unspecified atom stereocenters. The van der Waals surface area contributed by atoms with E-state index in [0.717, 1.165) is 12.5 Å². The fourth-order valence-corrected chi connectivity index (χ4v) is 4.45. The van der Waals surface area contributed by atoms with Gasteiger partial charge in [-0.05, 0) is 42.8 Å².